The lowest BCUT2D eigenvalue weighted by molar-refractivity contribution is -0.0921. The highest BCUT2D eigenvalue weighted by Gasteiger charge is 2.36. The lowest BCUT2D eigenvalue weighted by Crippen LogP contribution is -2.66. The predicted molar refractivity (Wildman–Crippen MR) is 63.9 cm³/mol. The molecule has 1 N–H and O–H groups in total. The largest absolute Gasteiger partial charge is 0.378 e. The first-order valence-corrected chi connectivity index (χ1v) is 6.00. The van der Waals surface area contributed by atoms with Crippen LogP contribution in [0.4, 0.5) is 0 Å². The second kappa shape index (κ2) is 4.47. The fourth-order valence-electron chi connectivity index (χ4n) is 2.19. The van der Waals surface area contributed by atoms with Gasteiger partial charge >= 0.3 is 0 Å². The minimum absolute atomic E-state index is 0.0279. The van der Waals surface area contributed by atoms with Crippen LogP contribution in [0.2, 0.25) is 0 Å². The highest BCUT2D eigenvalue weighted by Crippen LogP contribution is 2.18. The monoisotopic (exact) mass is 232 g/mol. The first kappa shape index (κ1) is 10.7. The van der Waals surface area contributed by atoms with Gasteiger partial charge < -0.3 is 10.1 Å². The summed E-state index contributed by atoms with van der Waals surface area (Å²) in [4.78, 5) is 14.2. The van der Waals surface area contributed by atoms with Crippen molar-refractivity contribution < 1.29 is 9.53 Å². The molecule has 0 aromatic heterocycles. The Kier molecular flexibility index (Phi) is 2.82. The topological polar surface area (TPSA) is 41.6 Å². The van der Waals surface area contributed by atoms with Crippen LogP contribution in [0.1, 0.15) is 10.4 Å². The zero-order valence-electron chi connectivity index (χ0n) is 9.63. The Bertz CT molecular complexity index is 397. The third kappa shape index (κ3) is 2.18. The molecule has 0 unspecified atom stereocenters. The molecule has 0 saturated carbocycles. The molecule has 0 aliphatic carbocycles. The van der Waals surface area contributed by atoms with Crippen LogP contribution in [0.3, 0.4) is 0 Å². The Morgan fingerprint density at radius 2 is 1.94 bits per heavy atom. The summed E-state index contributed by atoms with van der Waals surface area (Å²) in [5.74, 6) is 0.0279. The van der Waals surface area contributed by atoms with Gasteiger partial charge in [-0.15, -0.1) is 0 Å². The van der Waals surface area contributed by atoms with Crippen LogP contribution in [0.25, 0.3) is 0 Å². The van der Waals surface area contributed by atoms with Gasteiger partial charge in [0.05, 0.1) is 25.3 Å². The Morgan fingerprint density at radius 3 is 2.53 bits per heavy atom. The third-order valence-electron chi connectivity index (χ3n) is 3.42. The van der Waals surface area contributed by atoms with Crippen LogP contribution < -0.4 is 5.32 Å². The van der Waals surface area contributed by atoms with Gasteiger partial charge in [-0.05, 0) is 12.1 Å². The zero-order chi connectivity index (χ0) is 11.7. The van der Waals surface area contributed by atoms with E-state index in [9.17, 15) is 4.79 Å². The van der Waals surface area contributed by atoms with Crippen LogP contribution >= 0.6 is 0 Å². The van der Waals surface area contributed by atoms with Gasteiger partial charge in [0.15, 0.2) is 0 Å². The number of likely N-dealkylation sites (tertiary alicyclic amines) is 1. The molecule has 0 atom stereocenters. The molecular weight excluding hydrogens is 216 g/mol. The van der Waals surface area contributed by atoms with E-state index in [1.54, 1.807) is 0 Å². The quantitative estimate of drug-likeness (QED) is 0.825. The van der Waals surface area contributed by atoms with Gasteiger partial charge in [0.25, 0.3) is 5.91 Å². The number of nitrogens with zero attached hydrogens (tertiary/aromatic N) is 1. The van der Waals surface area contributed by atoms with E-state index in [0.717, 1.165) is 31.9 Å². The second-order valence-electron chi connectivity index (χ2n) is 4.68. The molecule has 2 heterocycles. The lowest BCUT2D eigenvalue weighted by Gasteiger charge is -2.47. The molecule has 0 bridgehead atoms. The number of carbonyl (C=O) groups excluding carboxylic acids is 1. The number of rotatable bonds is 3. The zero-order valence-corrected chi connectivity index (χ0v) is 9.63. The van der Waals surface area contributed by atoms with Crippen molar-refractivity contribution in [1.82, 2.24) is 10.2 Å². The molecule has 4 heteroatoms. The maximum Gasteiger partial charge on any atom is 0.251 e. The molecule has 0 spiro atoms. The predicted octanol–water partition coefficient (Wildman–Crippen LogP) is 0.499. The summed E-state index contributed by atoms with van der Waals surface area (Å²) in [6.45, 7) is 3.60. The van der Waals surface area contributed by atoms with Crippen LogP contribution in [0.15, 0.2) is 30.3 Å². The van der Waals surface area contributed by atoms with Crippen molar-refractivity contribution in [3.05, 3.63) is 35.9 Å². The minimum atomic E-state index is 0.0279. The summed E-state index contributed by atoms with van der Waals surface area (Å²) >= 11 is 0. The summed E-state index contributed by atoms with van der Waals surface area (Å²) in [5.41, 5.74) is 0.734. The second-order valence-corrected chi connectivity index (χ2v) is 4.68. The fraction of sp³-hybridized carbons (Fsp3) is 0.462. The number of nitrogens with one attached hydrogen (secondary N) is 1. The van der Waals surface area contributed by atoms with E-state index in [1.165, 1.54) is 0 Å². The molecule has 90 valence electrons. The highest BCUT2D eigenvalue weighted by atomic mass is 16.5. The minimum Gasteiger partial charge on any atom is -0.378 e. The Morgan fingerprint density at radius 1 is 1.24 bits per heavy atom. The van der Waals surface area contributed by atoms with Crippen LogP contribution in [-0.2, 0) is 4.74 Å². The Balaban J connectivity index is 1.47. The normalized spacial score (nSPS) is 21.6. The Labute approximate surface area is 101 Å². The molecule has 0 radical (unpaired) electrons. The number of benzene rings is 1. The molecule has 1 aromatic carbocycles. The molecule has 1 amide bonds. The summed E-state index contributed by atoms with van der Waals surface area (Å²) in [6.07, 6.45) is 0. The number of ether oxygens (including phenoxy) is 1. The smallest absolute Gasteiger partial charge is 0.251 e. The number of hydrogen-bond donors (Lipinski definition) is 1. The maximum atomic E-state index is 11.9. The third-order valence-corrected chi connectivity index (χ3v) is 3.42. The average molecular weight is 232 g/mol. The molecule has 2 fully saturated rings. The van der Waals surface area contributed by atoms with Gasteiger partial charge in [0.2, 0.25) is 0 Å². The van der Waals surface area contributed by atoms with Gasteiger partial charge in [-0.25, -0.2) is 0 Å². The first-order valence-electron chi connectivity index (χ1n) is 6.00. The molecule has 2 aliphatic rings. The van der Waals surface area contributed by atoms with E-state index in [0.29, 0.717) is 12.1 Å². The van der Waals surface area contributed by atoms with Crippen molar-refractivity contribution in [3.63, 3.8) is 0 Å². The van der Waals surface area contributed by atoms with Crippen molar-refractivity contribution in [2.75, 3.05) is 26.3 Å². The van der Waals surface area contributed by atoms with Crippen molar-refractivity contribution in [2.45, 2.75) is 12.1 Å². The standard InChI is InChI=1S/C13H16N2O2/c16-13(10-4-2-1-3-5-10)14-11-6-15(7-11)12-8-17-9-12/h1-5,11-12H,6-9H2,(H,14,16). The van der Waals surface area contributed by atoms with Crippen molar-refractivity contribution >= 4 is 5.91 Å². The van der Waals surface area contributed by atoms with E-state index in [2.05, 4.69) is 10.2 Å². The van der Waals surface area contributed by atoms with Crippen molar-refractivity contribution in [1.29, 1.82) is 0 Å². The summed E-state index contributed by atoms with van der Waals surface area (Å²) in [5, 5.41) is 3.04. The molecular formula is C13H16N2O2. The summed E-state index contributed by atoms with van der Waals surface area (Å²) < 4.78 is 5.15. The van der Waals surface area contributed by atoms with Crippen LogP contribution in [0.5, 0.6) is 0 Å². The van der Waals surface area contributed by atoms with E-state index in [4.69, 9.17) is 4.74 Å². The van der Waals surface area contributed by atoms with Gasteiger partial charge in [0, 0.05) is 18.7 Å². The van der Waals surface area contributed by atoms with Crippen LogP contribution in [0, 0.1) is 0 Å². The van der Waals surface area contributed by atoms with Crippen molar-refractivity contribution in [2.24, 2.45) is 0 Å². The van der Waals surface area contributed by atoms with E-state index in [-0.39, 0.29) is 5.91 Å². The van der Waals surface area contributed by atoms with E-state index in [1.807, 2.05) is 30.3 Å². The molecule has 1 aromatic rings. The fourth-order valence-corrected chi connectivity index (χ4v) is 2.19. The summed E-state index contributed by atoms with van der Waals surface area (Å²) in [6, 6.07) is 10.2. The SMILES string of the molecule is O=C(NC1CN(C2COC2)C1)c1ccccc1. The molecule has 3 rings (SSSR count). The highest BCUT2D eigenvalue weighted by molar-refractivity contribution is 5.94. The van der Waals surface area contributed by atoms with E-state index >= 15 is 0 Å². The summed E-state index contributed by atoms with van der Waals surface area (Å²) in [7, 11) is 0. The van der Waals surface area contributed by atoms with Crippen LogP contribution in [-0.4, -0.2) is 49.2 Å². The van der Waals surface area contributed by atoms with Crippen molar-refractivity contribution in [3.8, 4) is 0 Å². The lowest BCUT2D eigenvalue weighted by atomic mass is 10.0. The maximum absolute atomic E-state index is 11.9. The van der Waals surface area contributed by atoms with Gasteiger partial charge in [0.1, 0.15) is 0 Å². The van der Waals surface area contributed by atoms with Gasteiger partial charge in [-0.2, -0.15) is 0 Å². The first-order chi connectivity index (χ1) is 8.33. The van der Waals surface area contributed by atoms with Gasteiger partial charge in [-0.1, -0.05) is 18.2 Å². The molecule has 2 saturated heterocycles. The molecule has 2 aliphatic heterocycles. The molecule has 4 nitrogen and oxygen atoms in total. The number of amides is 1. The average Bonchev–Trinajstić information content (AvgIpc) is 2.24. The molecule has 17 heavy (non-hydrogen) atoms. The number of hydrogen-bond acceptors (Lipinski definition) is 3. The van der Waals surface area contributed by atoms with Gasteiger partial charge in [-0.3, -0.25) is 9.69 Å². The van der Waals surface area contributed by atoms with E-state index < -0.39 is 0 Å². The Hall–Kier alpha value is -1.39. The number of carbonyl (C=O) groups is 1.